The molecule has 0 saturated carbocycles. The minimum Gasteiger partial charge on any atom is -0.496 e. The van der Waals surface area contributed by atoms with Crippen molar-refractivity contribution in [2.75, 3.05) is 26.8 Å². The van der Waals surface area contributed by atoms with Crippen LogP contribution in [0, 0.1) is 5.92 Å². The SMILES string of the molecule is CCCOCc1cc(C(=O)N2CCC(C)CC2)ccc1OC. The molecule has 0 unspecified atom stereocenters. The van der Waals surface area contributed by atoms with Crippen molar-refractivity contribution in [2.24, 2.45) is 5.92 Å². The van der Waals surface area contributed by atoms with Gasteiger partial charge in [-0.1, -0.05) is 13.8 Å². The van der Waals surface area contributed by atoms with Gasteiger partial charge in [0.1, 0.15) is 5.75 Å². The van der Waals surface area contributed by atoms with Crippen LogP contribution in [-0.2, 0) is 11.3 Å². The Hall–Kier alpha value is -1.55. The van der Waals surface area contributed by atoms with Gasteiger partial charge < -0.3 is 14.4 Å². The molecule has 22 heavy (non-hydrogen) atoms. The zero-order chi connectivity index (χ0) is 15.9. The van der Waals surface area contributed by atoms with E-state index >= 15 is 0 Å². The van der Waals surface area contributed by atoms with E-state index in [-0.39, 0.29) is 5.91 Å². The Balaban J connectivity index is 2.09. The molecule has 4 heteroatoms. The van der Waals surface area contributed by atoms with Crippen LogP contribution in [0.25, 0.3) is 0 Å². The van der Waals surface area contributed by atoms with Crippen molar-refractivity contribution in [3.8, 4) is 5.75 Å². The molecule has 0 aliphatic carbocycles. The lowest BCUT2D eigenvalue weighted by atomic mass is 9.98. The van der Waals surface area contributed by atoms with Crippen LogP contribution in [0.2, 0.25) is 0 Å². The molecule has 0 radical (unpaired) electrons. The summed E-state index contributed by atoms with van der Waals surface area (Å²) in [5.74, 6) is 1.61. The smallest absolute Gasteiger partial charge is 0.253 e. The Morgan fingerprint density at radius 1 is 1.32 bits per heavy atom. The van der Waals surface area contributed by atoms with Crippen LogP contribution in [0.1, 0.15) is 49.0 Å². The molecule has 1 saturated heterocycles. The number of amides is 1. The molecule has 1 aromatic rings. The number of likely N-dealkylation sites (tertiary alicyclic amines) is 1. The monoisotopic (exact) mass is 305 g/mol. The van der Waals surface area contributed by atoms with Gasteiger partial charge in [0.15, 0.2) is 0 Å². The maximum Gasteiger partial charge on any atom is 0.253 e. The number of rotatable bonds is 6. The Morgan fingerprint density at radius 3 is 2.68 bits per heavy atom. The predicted molar refractivity (Wildman–Crippen MR) is 87.2 cm³/mol. The van der Waals surface area contributed by atoms with Crippen LogP contribution in [0.4, 0.5) is 0 Å². The zero-order valence-electron chi connectivity index (χ0n) is 13.9. The summed E-state index contributed by atoms with van der Waals surface area (Å²) in [6.07, 6.45) is 3.16. The fraction of sp³-hybridized carbons (Fsp3) is 0.611. The number of nitrogens with zero attached hydrogens (tertiary/aromatic N) is 1. The van der Waals surface area contributed by atoms with E-state index in [1.807, 2.05) is 23.1 Å². The van der Waals surface area contributed by atoms with Crippen molar-refractivity contribution < 1.29 is 14.3 Å². The minimum atomic E-state index is 0.117. The highest BCUT2D eigenvalue weighted by atomic mass is 16.5. The van der Waals surface area contributed by atoms with Gasteiger partial charge >= 0.3 is 0 Å². The average Bonchev–Trinajstić information content (AvgIpc) is 2.55. The van der Waals surface area contributed by atoms with Crippen molar-refractivity contribution in [1.82, 2.24) is 4.90 Å². The molecule has 1 fully saturated rings. The Bertz CT molecular complexity index is 493. The van der Waals surface area contributed by atoms with Gasteiger partial charge in [0.2, 0.25) is 0 Å². The Kier molecular flexibility index (Phi) is 6.25. The fourth-order valence-corrected chi connectivity index (χ4v) is 2.75. The summed E-state index contributed by atoms with van der Waals surface area (Å²) in [4.78, 5) is 14.6. The summed E-state index contributed by atoms with van der Waals surface area (Å²) in [6, 6.07) is 5.63. The maximum absolute atomic E-state index is 12.6. The highest BCUT2D eigenvalue weighted by molar-refractivity contribution is 5.94. The first-order valence-electron chi connectivity index (χ1n) is 8.19. The minimum absolute atomic E-state index is 0.117. The molecular formula is C18H27NO3. The van der Waals surface area contributed by atoms with Crippen LogP contribution in [0.3, 0.4) is 0 Å². The number of methoxy groups -OCH3 is 1. The number of benzene rings is 1. The topological polar surface area (TPSA) is 38.8 Å². The highest BCUT2D eigenvalue weighted by Crippen LogP contribution is 2.23. The van der Waals surface area contributed by atoms with Crippen molar-refractivity contribution in [2.45, 2.75) is 39.7 Å². The lowest BCUT2D eigenvalue weighted by Crippen LogP contribution is -2.37. The number of hydrogen-bond acceptors (Lipinski definition) is 3. The molecule has 0 spiro atoms. The number of ether oxygens (including phenoxy) is 2. The van der Waals surface area contributed by atoms with Gasteiger partial charge in [-0.15, -0.1) is 0 Å². The van der Waals surface area contributed by atoms with Crippen LogP contribution in [0.5, 0.6) is 5.75 Å². The number of carbonyl (C=O) groups is 1. The molecule has 1 aromatic carbocycles. The second kappa shape index (κ2) is 8.18. The Labute approximate surface area is 133 Å². The average molecular weight is 305 g/mol. The van der Waals surface area contributed by atoms with Gasteiger partial charge in [-0.2, -0.15) is 0 Å². The van der Waals surface area contributed by atoms with E-state index in [9.17, 15) is 4.79 Å². The van der Waals surface area contributed by atoms with Crippen molar-refractivity contribution >= 4 is 5.91 Å². The van der Waals surface area contributed by atoms with Gasteiger partial charge in [0.25, 0.3) is 5.91 Å². The highest BCUT2D eigenvalue weighted by Gasteiger charge is 2.22. The largest absolute Gasteiger partial charge is 0.496 e. The third kappa shape index (κ3) is 4.23. The van der Waals surface area contributed by atoms with Gasteiger partial charge in [-0.3, -0.25) is 4.79 Å². The summed E-state index contributed by atoms with van der Waals surface area (Å²) in [6.45, 7) is 7.23. The second-order valence-corrected chi connectivity index (χ2v) is 6.05. The Morgan fingerprint density at radius 2 is 2.05 bits per heavy atom. The predicted octanol–water partition coefficient (Wildman–Crippen LogP) is 3.49. The number of piperidine rings is 1. The summed E-state index contributed by atoms with van der Waals surface area (Å²) in [5.41, 5.74) is 1.66. The van der Waals surface area contributed by atoms with Crippen LogP contribution in [-0.4, -0.2) is 37.6 Å². The molecule has 1 heterocycles. The van der Waals surface area contributed by atoms with Crippen LogP contribution >= 0.6 is 0 Å². The van der Waals surface area contributed by atoms with Gasteiger partial charge in [0, 0.05) is 30.8 Å². The molecule has 1 aliphatic rings. The third-order valence-corrected chi connectivity index (χ3v) is 4.20. The second-order valence-electron chi connectivity index (χ2n) is 6.05. The molecule has 4 nitrogen and oxygen atoms in total. The van der Waals surface area contributed by atoms with E-state index in [0.29, 0.717) is 13.2 Å². The van der Waals surface area contributed by atoms with Crippen molar-refractivity contribution in [1.29, 1.82) is 0 Å². The molecule has 1 amide bonds. The first-order valence-corrected chi connectivity index (χ1v) is 8.19. The summed E-state index contributed by atoms with van der Waals surface area (Å²) < 4.78 is 11.0. The van der Waals surface area contributed by atoms with Crippen molar-refractivity contribution in [3.63, 3.8) is 0 Å². The van der Waals surface area contributed by atoms with Gasteiger partial charge in [-0.05, 0) is 43.4 Å². The lowest BCUT2D eigenvalue weighted by Gasteiger charge is -2.30. The van der Waals surface area contributed by atoms with Gasteiger partial charge in [-0.25, -0.2) is 0 Å². The van der Waals surface area contributed by atoms with E-state index in [0.717, 1.165) is 55.1 Å². The van der Waals surface area contributed by atoms with Crippen LogP contribution in [0.15, 0.2) is 18.2 Å². The fourth-order valence-electron chi connectivity index (χ4n) is 2.75. The number of carbonyl (C=O) groups excluding carboxylic acids is 1. The molecular weight excluding hydrogens is 278 g/mol. The molecule has 1 aliphatic heterocycles. The quantitative estimate of drug-likeness (QED) is 0.755. The standard InChI is InChI=1S/C18H27NO3/c1-4-11-22-13-16-12-15(5-6-17(16)21-3)18(20)19-9-7-14(2)8-10-19/h5-6,12,14H,4,7-11,13H2,1-3H3. The summed E-state index contributed by atoms with van der Waals surface area (Å²) in [7, 11) is 1.65. The van der Waals surface area contributed by atoms with Crippen LogP contribution < -0.4 is 4.74 Å². The van der Waals surface area contributed by atoms with E-state index in [1.165, 1.54) is 0 Å². The summed E-state index contributed by atoms with van der Waals surface area (Å²) in [5, 5.41) is 0. The van der Waals surface area contributed by atoms with E-state index < -0.39 is 0 Å². The van der Waals surface area contributed by atoms with E-state index in [4.69, 9.17) is 9.47 Å². The number of hydrogen-bond donors (Lipinski definition) is 0. The first kappa shape index (κ1) is 16.8. The first-order chi connectivity index (χ1) is 10.7. The molecule has 0 atom stereocenters. The molecule has 0 N–H and O–H groups in total. The normalized spacial score (nSPS) is 15.9. The van der Waals surface area contributed by atoms with E-state index in [1.54, 1.807) is 7.11 Å². The third-order valence-electron chi connectivity index (χ3n) is 4.20. The van der Waals surface area contributed by atoms with Gasteiger partial charge in [0.05, 0.1) is 13.7 Å². The molecule has 2 rings (SSSR count). The molecule has 0 aromatic heterocycles. The summed E-state index contributed by atoms with van der Waals surface area (Å²) >= 11 is 0. The zero-order valence-corrected chi connectivity index (χ0v) is 13.9. The maximum atomic E-state index is 12.6. The van der Waals surface area contributed by atoms with E-state index in [2.05, 4.69) is 13.8 Å². The van der Waals surface area contributed by atoms with Crippen molar-refractivity contribution in [3.05, 3.63) is 29.3 Å². The molecule has 0 bridgehead atoms. The molecule has 122 valence electrons. The lowest BCUT2D eigenvalue weighted by molar-refractivity contribution is 0.0696.